The number of fused-ring (bicyclic) bond motifs is 2. The third-order valence-corrected chi connectivity index (χ3v) is 4.87. The van der Waals surface area contributed by atoms with Gasteiger partial charge in [-0.15, -0.1) is 0 Å². The van der Waals surface area contributed by atoms with E-state index in [1.54, 1.807) is 12.1 Å². The standard InChI is InChI=1S/C18H22N2O5/c1-3-4-9-25-17(23)20-14-8-6-5-7-12(14)18(16(20)22)10-13(19-11-18)15(21)24-2/h5-8,13,19H,3-4,9-11H2,1-2H3. The summed E-state index contributed by atoms with van der Waals surface area (Å²) in [6.45, 7) is 2.55. The second-order valence-electron chi connectivity index (χ2n) is 6.37. The number of hydrogen-bond donors (Lipinski definition) is 1. The molecule has 1 spiro atoms. The van der Waals surface area contributed by atoms with Gasteiger partial charge in [-0.05, 0) is 24.5 Å². The van der Waals surface area contributed by atoms with Crippen molar-refractivity contribution in [2.75, 3.05) is 25.2 Å². The van der Waals surface area contributed by atoms with E-state index in [4.69, 9.17) is 9.47 Å². The molecule has 1 N–H and O–H groups in total. The fourth-order valence-corrected chi connectivity index (χ4v) is 3.53. The number of nitrogens with zero attached hydrogens (tertiary/aromatic N) is 1. The Hall–Kier alpha value is -2.41. The molecule has 0 bridgehead atoms. The van der Waals surface area contributed by atoms with Gasteiger partial charge in [-0.25, -0.2) is 9.69 Å². The van der Waals surface area contributed by atoms with E-state index < -0.39 is 23.5 Å². The summed E-state index contributed by atoms with van der Waals surface area (Å²) in [5.41, 5.74) is 0.326. The molecule has 0 aliphatic carbocycles. The number of carbonyl (C=O) groups is 3. The molecule has 7 heteroatoms. The molecule has 2 heterocycles. The number of esters is 1. The summed E-state index contributed by atoms with van der Waals surface area (Å²) in [5, 5.41) is 3.05. The zero-order valence-corrected chi connectivity index (χ0v) is 14.4. The molecule has 1 aromatic rings. The molecule has 1 fully saturated rings. The maximum Gasteiger partial charge on any atom is 0.421 e. The molecule has 2 aliphatic heterocycles. The SMILES string of the molecule is CCCCOC(=O)N1C(=O)C2(CNC(C(=O)OC)C2)c2ccccc21. The minimum atomic E-state index is -0.945. The van der Waals surface area contributed by atoms with Gasteiger partial charge >= 0.3 is 12.1 Å². The molecule has 0 radical (unpaired) electrons. The summed E-state index contributed by atoms with van der Waals surface area (Å²) in [5.74, 6) is -0.764. The molecule has 2 atom stereocenters. The highest BCUT2D eigenvalue weighted by Gasteiger charge is 2.57. The smallest absolute Gasteiger partial charge is 0.421 e. The van der Waals surface area contributed by atoms with Crippen molar-refractivity contribution in [2.24, 2.45) is 0 Å². The van der Waals surface area contributed by atoms with Crippen LogP contribution in [0.3, 0.4) is 0 Å². The number of anilines is 1. The predicted molar refractivity (Wildman–Crippen MR) is 90.3 cm³/mol. The molecule has 0 aromatic heterocycles. The van der Waals surface area contributed by atoms with Crippen LogP contribution in [-0.4, -0.2) is 44.3 Å². The van der Waals surface area contributed by atoms with Gasteiger partial charge in [-0.3, -0.25) is 9.59 Å². The van der Waals surface area contributed by atoms with E-state index in [0.29, 0.717) is 5.69 Å². The number of hydrogen-bond acceptors (Lipinski definition) is 6. The minimum absolute atomic E-state index is 0.258. The zero-order chi connectivity index (χ0) is 18.0. The van der Waals surface area contributed by atoms with E-state index in [9.17, 15) is 14.4 Å². The normalized spacial score (nSPS) is 24.5. The lowest BCUT2D eigenvalue weighted by molar-refractivity contribution is -0.142. The number of methoxy groups -OCH3 is 1. The Kier molecular flexibility index (Phi) is 4.76. The summed E-state index contributed by atoms with van der Waals surface area (Å²) in [6.07, 6.45) is 1.23. The first kappa shape index (κ1) is 17.4. The number of nitrogens with one attached hydrogen (secondary N) is 1. The van der Waals surface area contributed by atoms with E-state index in [0.717, 1.165) is 23.3 Å². The quantitative estimate of drug-likeness (QED) is 0.660. The Bertz CT molecular complexity index is 704. The van der Waals surface area contributed by atoms with Crippen LogP contribution < -0.4 is 10.2 Å². The highest BCUT2D eigenvalue weighted by molar-refractivity contribution is 6.21. The predicted octanol–water partition coefficient (Wildman–Crippen LogP) is 1.74. The topological polar surface area (TPSA) is 84.9 Å². The lowest BCUT2D eigenvalue weighted by Crippen LogP contribution is -2.44. The van der Waals surface area contributed by atoms with Crippen LogP contribution in [0.1, 0.15) is 31.7 Å². The van der Waals surface area contributed by atoms with Crippen molar-refractivity contribution in [1.82, 2.24) is 5.32 Å². The number of para-hydroxylation sites is 1. The average Bonchev–Trinajstić information content (AvgIpc) is 3.17. The number of rotatable bonds is 4. The molecule has 0 saturated carbocycles. The lowest BCUT2D eigenvalue weighted by Gasteiger charge is -2.22. The molecule has 3 rings (SSSR count). The van der Waals surface area contributed by atoms with Crippen molar-refractivity contribution in [3.63, 3.8) is 0 Å². The van der Waals surface area contributed by atoms with Gasteiger partial charge in [0.05, 0.1) is 24.8 Å². The van der Waals surface area contributed by atoms with Crippen molar-refractivity contribution in [1.29, 1.82) is 0 Å². The first-order valence-corrected chi connectivity index (χ1v) is 8.47. The third kappa shape index (κ3) is 2.78. The summed E-state index contributed by atoms with van der Waals surface area (Å²) in [6, 6.07) is 6.59. The second-order valence-corrected chi connectivity index (χ2v) is 6.37. The fourth-order valence-electron chi connectivity index (χ4n) is 3.53. The molecule has 2 amide bonds. The lowest BCUT2D eigenvalue weighted by atomic mass is 9.79. The van der Waals surface area contributed by atoms with Crippen LogP contribution >= 0.6 is 0 Å². The van der Waals surface area contributed by atoms with Gasteiger partial charge in [0.15, 0.2) is 0 Å². The fraction of sp³-hybridized carbons (Fsp3) is 0.500. The largest absolute Gasteiger partial charge is 0.468 e. The van der Waals surface area contributed by atoms with E-state index in [-0.39, 0.29) is 25.5 Å². The number of carbonyl (C=O) groups excluding carboxylic acids is 3. The Labute approximate surface area is 146 Å². The summed E-state index contributed by atoms with van der Waals surface area (Å²) in [4.78, 5) is 38.6. The Morgan fingerprint density at radius 1 is 1.36 bits per heavy atom. The van der Waals surface area contributed by atoms with Gasteiger partial charge in [0.2, 0.25) is 5.91 Å². The van der Waals surface area contributed by atoms with Crippen molar-refractivity contribution in [3.05, 3.63) is 29.8 Å². The number of ether oxygens (including phenoxy) is 2. The number of imide groups is 1. The van der Waals surface area contributed by atoms with Crippen molar-refractivity contribution < 1.29 is 23.9 Å². The van der Waals surface area contributed by atoms with Crippen LogP contribution in [0.4, 0.5) is 10.5 Å². The Morgan fingerprint density at radius 2 is 2.12 bits per heavy atom. The highest BCUT2D eigenvalue weighted by atomic mass is 16.6. The molecular formula is C18H22N2O5. The van der Waals surface area contributed by atoms with Crippen LogP contribution in [0.5, 0.6) is 0 Å². The van der Waals surface area contributed by atoms with Crippen LogP contribution in [0.15, 0.2) is 24.3 Å². The Balaban J connectivity index is 1.91. The summed E-state index contributed by atoms with van der Waals surface area (Å²) in [7, 11) is 1.32. The summed E-state index contributed by atoms with van der Waals surface area (Å²) >= 11 is 0. The monoisotopic (exact) mass is 346 g/mol. The maximum absolute atomic E-state index is 13.2. The van der Waals surface area contributed by atoms with E-state index in [1.807, 2.05) is 19.1 Å². The molecule has 2 aliphatic rings. The molecule has 2 unspecified atom stereocenters. The molecular weight excluding hydrogens is 324 g/mol. The maximum atomic E-state index is 13.2. The zero-order valence-electron chi connectivity index (χ0n) is 14.4. The van der Waals surface area contributed by atoms with Crippen LogP contribution in [-0.2, 0) is 24.5 Å². The van der Waals surface area contributed by atoms with Gasteiger partial charge in [-0.1, -0.05) is 31.5 Å². The molecule has 1 saturated heterocycles. The highest BCUT2D eigenvalue weighted by Crippen LogP contribution is 2.46. The van der Waals surface area contributed by atoms with Crippen LogP contribution in [0.25, 0.3) is 0 Å². The van der Waals surface area contributed by atoms with E-state index >= 15 is 0 Å². The van der Waals surface area contributed by atoms with Crippen molar-refractivity contribution >= 4 is 23.7 Å². The Morgan fingerprint density at radius 3 is 2.84 bits per heavy atom. The summed E-state index contributed by atoms with van der Waals surface area (Å²) < 4.78 is 10.0. The molecule has 1 aromatic carbocycles. The van der Waals surface area contributed by atoms with Crippen molar-refractivity contribution in [2.45, 2.75) is 37.6 Å². The molecule has 134 valence electrons. The van der Waals surface area contributed by atoms with Gasteiger partial charge in [0.1, 0.15) is 6.04 Å². The average molecular weight is 346 g/mol. The third-order valence-electron chi connectivity index (χ3n) is 4.87. The van der Waals surface area contributed by atoms with E-state index in [1.165, 1.54) is 7.11 Å². The van der Waals surface area contributed by atoms with Gasteiger partial charge in [0.25, 0.3) is 0 Å². The number of amides is 2. The van der Waals surface area contributed by atoms with Crippen molar-refractivity contribution in [3.8, 4) is 0 Å². The first-order chi connectivity index (χ1) is 12.0. The molecule has 7 nitrogen and oxygen atoms in total. The second kappa shape index (κ2) is 6.84. The van der Waals surface area contributed by atoms with Gasteiger partial charge in [-0.2, -0.15) is 0 Å². The van der Waals surface area contributed by atoms with Crippen LogP contribution in [0, 0.1) is 0 Å². The number of benzene rings is 1. The van der Waals surface area contributed by atoms with Gasteiger partial charge < -0.3 is 14.8 Å². The first-order valence-electron chi connectivity index (χ1n) is 8.47. The molecule has 25 heavy (non-hydrogen) atoms. The van der Waals surface area contributed by atoms with E-state index in [2.05, 4.69) is 5.32 Å². The number of unbranched alkanes of at least 4 members (excludes halogenated alkanes) is 1. The van der Waals surface area contributed by atoms with Crippen LogP contribution in [0.2, 0.25) is 0 Å². The minimum Gasteiger partial charge on any atom is -0.468 e. The van der Waals surface area contributed by atoms with Gasteiger partial charge in [0, 0.05) is 6.54 Å².